The first kappa shape index (κ1) is 26.5. The van der Waals surface area contributed by atoms with Crippen molar-refractivity contribution < 1.29 is 4.79 Å². The van der Waals surface area contributed by atoms with Crippen LogP contribution in [-0.2, 0) is 24.3 Å². The van der Waals surface area contributed by atoms with E-state index in [9.17, 15) is 9.59 Å². The molecule has 1 aliphatic rings. The van der Waals surface area contributed by atoms with E-state index in [0.29, 0.717) is 5.16 Å². The van der Waals surface area contributed by atoms with Gasteiger partial charge in [0.15, 0.2) is 5.16 Å². The average molecular weight is 567 g/mol. The zero-order chi connectivity index (χ0) is 27.6. The molecular weight excluding hydrogens is 537 g/mol. The molecule has 0 spiro atoms. The van der Waals surface area contributed by atoms with Crippen LogP contribution in [0.1, 0.15) is 27.1 Å². The lowest BCUT2D eigenvalue weighted by molar-refractivity contribution is -0.113. The highest BCUT2D eigenvalue weighted by Gasteiger charge is 2.26. The first-order chi connectivity index (χ1) is 19.5. The molecule has 0 saturated heterocycles. The maximum atomic E-state index is 14.1. The predicted octanol–water partition coefficient (Wildman–Crippen LogP) is 6.35. The molecule has 202 valence electrons. The fourth-order valence-corrected chi connectivity index (χ4v) is 7.29. The van der Waals surface area contributed by atoms with Gasteiger partial charge in [-0.1, -0.05) is 72.4 Å². The number of carbonyl (C=O) groups is 1. The fourth-order valence-electron chi connectivity index (χ4n) is 5.17. The standard InChI is InChI=1S/C32H30N4O2S2/c1-21-9-8-13-24(17-21)36-31(38)29-25-15-16-35(18-23-11-4-3-5-12-23)19-27(25)40-30(29)34-32(36)39-20-28(37)33-26-14-7-6-10-22(26)2/h3-14,17H,15-16,18-20H2,1-2H3,(H,33,37). The van der Waals surface area contributed by atoms with Crippen molar-refractivity contribution in [1.29, 1.82) is 0 Å². The topological polar surface area (TPSA) is 67.2 Å². The Bertz CT molecular complexity index is 1760. The van der Waals surface area contributed by atoms with Crippen LogP contribution in [0.15, 0.2) is 88.8 Å². The Labute approximate surface area is 241 Å². The van der Waals surface area contributed by atoms with Gasteiger partial charge < -0.3 is 5.32 Å². The van der Waals surface area contributed by atoms with E-state index in [0.717, 1.165) is 64.3 Å². The summed E-state index contributed by atoms with van der Waals surface area (Å²) in [4.78, 5) is 36.4. The lowest BCUT2D eigenvalue weighted by Crippen LogP contribution is -2.30. The van der Waals surface area contributed by atoms with Crippen LogP contribution >= 0.6 is 23.1 Å². The summed E-state index contributed by atoms with van der Waals surface area (Å²) < 4.78 is 1.68. The number of aromatic nitrogens is 2. The summed E-state index contributed by atoms with van der Waals surface area (Å²) in [5.41, 5.74) is 5.96. The number of aryl methyl sites for hydroxylation is 2. The summed E-state index contributed by atoms with van der Waals surface area (Å²) in [5, 5.41) is 4.23. The molecule has 1 aliphatic heterocycles. The van der Waals surface area contributed by atoms with E-state index >= 15 is 0 Å². The number of fused-ring (bicyclic) bond motifs is 3. The second kappa shape index (κ2) is 11.4. The molecule has 0 saturated carbocycles. The minimum Gasteiger partial charge on any atom is -0.325 e. The van der Waals surface area contributed by atoms with Gasteiger partial charge >= 0.3 is 0 Å². The largest absolute Gasteiger partial charge is 0.325 e. The van der Waals surface area contributed by atoms with Gasteiger partial charge in [-0.3, -0.25) is 19.1 Å². The number of nitrogens with zero attached hydrogens (tertiary/aromatic N) is 3. The third kappa shape index (κ3) is 5.47. The number of nitrogens with one attached hydrogen (secondary N) is 1. The van der Waals surface area contributed by atoms with Crippen LogP contribution in [-0.4, -0.2) is 32.7 Å². The van der Waals surface area contributed by atoms with Crippen LogP contribution in [0, 0.1) is 13.8 Å². The monoisotopic (exact) mass is 566 g/mol. The second-order valence-corrected chi connectivity index (χ2v) is 12.2. The van der Waals surface area contributed by atoms with E-state index in [-0.39, 0.29) is 17.2 Å². The molecule has 0 atom stereocenters. The Hall–Kier alpha value is -3.72. The molecule has 8 heteroatoms. The lowest BCUT2D eigenvalue weighted by Gasteiger charge is -2.26. The van der Waals surface area contributed by atoms with Crippen LogP contribution in [0.3, 0.4) is 0 Å². The third-order valence-electron chi connectivity index (χ3n) is 7.18. The molecule has 0 bridgehead atoms. The van der Waals surface area contributed by atoms with Crippen LogP contribution in [0.2, 0.25) is 0 Å². The molecule has 1 amide bonds. The predicted molar refractivity (Wildman–Crippen MR) is 165 cm³/mol. The number of rotatable bonds is 7. The van der Waals surface area contributed by atoms with Crippen molar-refractivity contribution in [2.45, 2.75) is 38.5 Å². The number of para-hydroxylation sites is 1. The number of thiophene rings is 1. The summed E-state index contributed by atoms with van der Waals surface area (Å²) in [7, 11) is 0. The fraction of sp³-hybridized carbons (Fsp3) is 0.219. The molecule has 40 heavy (non-hydrogen) atoms. The molecule has 1 N–H and O–H groups in total. The molecule has 3 aromatic carbocycles. The van der Waals surface area contributed by atoms with Crippen LogP contribution in [0.4, 0.5) is 5.69 Å². The quantitative estimate of drug-likeness (QED) is 0.184. The Morgan fingerprint density at radius 1 is 1.02 bits per heavy atom. The molecule has 2 aromatic heterocycles. The summed E-state index contributed by atoms with van der Waals surface area (Å²) in [5.74, 6) is 0.0140. The minimum atomic E-state index is -0.133. The van der Waals surface area contributed by atoms with Gasteiger partial charge in [-0.05, 0) is 60.7 Å². The molecular formula is C32H30N4O2S2. The summed E-state index contributed by atoms with van der Waals surface area (Å²) in [6.07, 6.45) is 0.818. The Morgan fingerprint density at radius 3 is 2.62 bits per heavy atom. The van der Waals surface area contributed by atoms with E-state index in [4.69, 9.17) is 4.98 Å². The SMILES string of the molecule is Cc1cccc(-n2c(SCC(=O)Nc3ccccc3C)nc3sc4c(c3c2=O)CCN(Cc2ccccc2)C4)c1. The Morgan fingerprint density at radius 2 is 1.82 bits per heavy atom. The van der Waals surface area contributed by atoms with Gasteiger partial charge in [0.1, 0.15) is 4.83 Å². The van der Waals surface area contributed by atoms with Crippen molar-refractivity contribution in [2.24, 2.45) is 0 Å². The van der Waals surface area contributed by atoms with Crippen molar-refractivity contribution >= 4 is 44.9 Å². The number of carbonyl (C=O) groups excluding carboxylic acids is 1. The van der Waals surface area contributed by atoms with E-state index in [2.05, 4.69) is 34.5 Å². The zero-order valence-corrected chi connectivity index (χ0v) is 24.1. The smallest absolute Gasteiger partial charge is 0.267 e. The highest BCUT2D eigenvalue weighted by Crippen LogP contribution is 2.35. The van der Waals surface area contributed by atoms with Gasteiger partial charge in [-0.2, -0.15) is 0 Å². The van der Waals surface area contributed by atoms with Gasteiger partial charge in [0.05, 0.1) is 16.8 Å². The summed E-state index contributed by atoms with van der Waals surface area (Å²) >= 11 is 2.90. The van der Waals surface area contributed by atoms with Crippen molar-refractivity contribution in [3.05, 3.63) is 116 Å². The molecule has 5 aromatic rings. The van der Waals surface area contributed by atoms with Gasteiger partial charge in [0.25, 0.3) is 5.56 Å². The number of amides is 1. The zero-order valence-electron chi connectivity index (χ0n) is 22.5. The molecule has 0 aliphatic carbocycles. The molecule has 6 rings (SSSR count). The van der Waals surface area contributed by atoms with Crippen molar-refractivity contribution in [3.63, 3.8) is 0 Å². The summed E-state index contributed by atoms with van der Waals surface area (Å²) in [6.45, 7) is 6.56. The van der Waals surface area contributed by atoms with E-state index in [1.807, 2.05) is 68.4 Å². The first-order valence-electron chi connectivity index (χ1n) is 13.3. The Kier molecular flexibility index (Phi) is 7.56. The first-order valence-corrected chi connectivity index (χ1v) is 15.2. The maximum Gasteiger partial charge on any atom is 0.267 e. The van der Waals surface area contributed by atoms with Gasteiger partial charge in [0, 0.05) is 30.2 Å². The number of thioether (sulfide) groups is 1. The van der Waals surface area contributed by atoms with Gasteiger partial charge in [0.2, 0.25) is 5.91 Å². The molecule has 0 unspecified atom stereocenters. The molecule has 0 fully saturated rings. The van der Waals surface area contributed by atoms with Crippen LogP contribution in [0.25, 0.3) is 15.9 Å². The lowest BCUT2D eigenvalue weighted by atomic mass is 10.0. The number of hydrogen-bond acceptors (Lipinski definition) is 6. The normalized spacial score (nSPS) is 13.3. The van der Waals surface area contributed by atoms with Crippen molar-refractivity contribution in [3.8, 4) is 5.69 Å². The summed E-state index contributed by atoms with van der Waals surface area (Å²) in [6, 6.07) is 26.1. The third-order valence-corrected chi connectivity index (χ3v) is 9.23. The molecule has 3 heterocycles. The molecule has 6 nitrogen and oxygen atoms in total. The Balaban J connectivity index is 1.34. The van der Waals surface area contributed by atoms with Crippen molar-refractivity contribution in [2.75, 3.05) is 17.6 Å². The van der Waals surface area contributed by atoms with E-state index in [1.165, 1.54) is 22.2 Å². The van der Waals surface area contributed by atoms with E-state index < -0.39 is 0 Å². The number of hydrogen-bond donors (Lipinski definition) is 1. The minimum absolute atomic E-state index is 0.0635. The average Bonchev–Trinajstić information content (AvgIpc) is 3.31. The van der Waals surface area contributed by atoms with Gasteiger partial charge in [-0.15, -0.1) is 11.3 Å². The maximum absolute atomic E-state index is 14.1. The highest BCUT2D eigenvalue weighted by molar-refractivity contribution is 7.99. The van der Waals surface area contributed by atoms with Crippen LogP contribution < -0.4 is 10.9 Å². The van der Waals surface area contributed by atoms with Gasteiger partial charge in [-0.25, -0.2) is 4.98 Å². The number of anilines is 1. The highest BCUT2D eigenvalue weighted by atomic mass is 32.2. The number of benzene rings is 3. The second-order valence-electron chi connectivity index (χ2n) is 10.2. The molecule has 0 radical (unpaired) electrons. The van der Waals surface area contributed by atoms with Crippen LogP contribution in [0.5, 0.6) is 0 Å². The van der Waals surface area contributed by atoms with Crippen molar-refractivity contribution in [1.82, 2.24) is 14.5 Å². The van der Waals surface area contributed by atoms with E-state index in [1.54, 1.807) is 15.9 Å².